The number of carboxylic acids is 1. The van der Waals surface area contributed by atoms with E-state index in [0.717, 1.165) is 12.1 Å². The average Bonchev–Trinajstić information content (AvgIpc) is 2.28. The first kappa shape index (κ1) is 16.2. The molecule has 0 aliphatic heterocycles. The summed E-state index contributed by atoms with van der Waals surface area (Å²) < 4.78 is 38.7. The molecule has 0 heterocycles. The first-order chi connectivity index (χ1) is 9.03. The Hall–Kier alpha value is -1.89. The minimum atomic E-state index is -3.71. The molecule has 0 aliphatic rings. The number of benzene rings is 1. The van der Waals surface area contributed by atoms with Crippen molar-refractivity contribution in [3.63, 3.8) is 0 Å². The van der Waals surface area contributed by atoms with Gasteiger partial charge in [0.05, 0.1) is 10.4 Å². The zero-order valence-electron chi connectivity index (χ0n) is 11.3. The summed E-state index contributed by atoms with van der Waals surface area (Å²) in [5.41, 5.74) is 0.149. The van der Waals surface area contributed by atoms with Gasteiger partial charge >= 0.3 is 5.97 Å². The topological polar surface area (TPSA) is 83.5 Å². The van der Waals surface area contributed by atoms with Crippen LogP contribution in [0.2, 0.25) is 0 Å². The molecular formula is C13H16FNO4S. The molecule has 110 valence electrons. The van der Waals surface area contributed by atoms with Crippen LogP contribution in [0.1, 0.15) is 26.3 Å². The van der Waals surface area contributed by atoms with Crippen molar-refractivity contribution in [1.82, 2.24) is 0 Å². The van der Waals surface area contributed by atoms with Crippen LogP contribution in [0.5, 0.6) is 0 Å². The summed E-state index contributed by atoms with van der Waals surface area (Å²) in [6.45, 7) is 4.49. The van der Waals surface area contributed by atoms with Crippen LogP contribution < -0.4 is 4.72 Å². The van der Waals surface area contributed by atoms with Gasteiger partial charge in [0.15, 0.2) is 0 Å². The zero-order chi connectivity index (χ0) is 15.6. The lowest BCUT2D eigenvalue weighted by molar-refractivity contribution is -0.131. The zero-order valence-corrected chi connectivity index (χ0v) is 12.2. The van der Waals surface area contributed by atoms with Gasteiger partial charge in [0.2, 0.25) is 10.0 Å². The maximum Gasteiger partial charge on any atom is 0.328 e. The quantitative estimate of drug-likeness (QED) is 0.837. The number of carbonyl (C=O) groups is 1. The van der Waals surface area contributed by atoms with Crippen molar-refractivity contribution in [3.8, 4) is 0 Å². The normalized spacial score (nSPS) is 12.6. The molecule has 5 nitrogen and oxygen atoms in total. The van der Waals surface area contributed by atoms with E-state index in [4.69, 9.17) is 5.11 Å². The Kier molecular flexibility index (Phi) is 4.54. The lowest BCUT2D eigenvalue weighted by atomic mass is 10.2. The first-order valence-electron chi connectivity index (χ1n) is 5.76. The van der Waals surface area contributed by atoms with E-state index >= 15 is 0 Å². The van der Waals surface area contributed by atoms with E-state index in [-0.39, 0.29) is 5.69 Å². The molecule has 0 aromatic heterocycles. The minimum Gasteiger partial charge on any atom is -0.478 e. The van der Waals surface area contributed by atoms with E-state index in [0.29, 0.717) is 5.56 Å². The van der Waals surface area contributed by atoms with Crippen molar-refractivity contribution in [2.24, 2.45) is 0 Å². The van der Waals surface area contributed by atoms with Crippen molar-refractivity contribution in [2.75, 3.05) is 4.72 Å². The summed E-state index contributed by atoms with van der Waals surface area (Å²) in [6, 6.07) is 3.73. The second kappa shape index (κ2) is 5.62. The Morgan fingerprint density at radius 3 is 2.40 bits per heavy atom. The summed E-state index contributed by atoms with van der Waals surface area (Å²) in [5, 5.41) is 8.47. The monoisotopic (exact) mass is 301 g/mol. The van der Waals surface area contributed by atoms with Gasteiger partial charge in [-0.25, -0.2) is 17.6 Å². The maximum atomic E-state index is 13.8. The van der Waals surface area contributed by atoms with Gasteiger partial charge in [-0.2, -0.15) is 0 Å². The fourth-order valence-corrected chi connectivity index (χ4v) is 1.94. The first-order valence-corrected chi connectivity index (χ1v) is 7.24. The van der Waals surface area contributed by atoms with E-state index < -0.39 is 26.6 Å². The minimum absolute atomic E-state index is 0.174. The SMILES string of the molecule is CC(C)(C)S(=O)(=O)Nc1ccc(C=CC(=O)O)cc1F. The number of rotatable bonds is 4. The summed E-state index contributed by atoms with van der Waals surface area (Å²) >= 11 is 0. The number of aliphatic carboxylic acids is 1. The van der Waals surface area contributed by atoms with Gasteiger partial charge in [-0.1, -0.05) is 6.07 Å². The number of halogens is 1. The van der Waals surface area contributed by atoms with Crippen molar-refractivity contribution >= 4 is 27.8 Å². The molecule has 2 N–H and O–H groups in total. The van der Waals surface area contributed by atoms with Gasteiger partial charge in [-0.15, -0.1) is 0 Å². The van der Waals surface area contributed by atoms with Crippen LogP contribution in [-0.2, 0) is 14.8 Å². The van der Waals surface area contributed by atoms with E-state index in [9.17, 15) is 17.6 Å². The lowest BCUT2D eigenvalue weighted by Crippen LogP contribution is -2.33. The van der Waals surface area contributed by atoms with E-state index in [2.05, 4.69) is 4.72 Å². The third-order valence-corrected chi connectivity index (χ3v) is 4.56. The molecular weight excluding hydrogens is 285 g/mol. The fourth-order valence-electron chi connectivity index (χ4n) is 1.18. The van der Waals surface area contributed by atoms with Crippen molar-refractivity contribution in [2.45, 2.75) is 25.5 Å². The van der Waals surface area contributed by atoms with Crippen LogP contribution in [0.25, 0.3) is 6.08 Å². The number of hydrogen-bond acceptors (Lipinski definition) is 3. The molecule has 0 saturated heterocycles. The lowest BCUT2D eigenvalue weighted by Gasteiger charge is -2.20. The molecule has 1 rings (SSSR count). The Balaban J connectivity index is 3.04. The third kappa shape index (κ3) is 4.06. The highest BCUT2D eigenvalue weighted by Gasteiger charge is 2.29. The highest BCUT2D eigenvalue weighted by atomic mass is 32.2. The Morgan fingerprint density at radius 2 is 1.95 bits per heavy atom. The number of sulfonamides is 1. The number of nitrogens with one attached hydrogen (secondary N) is 1. The summed E-state index contributed by atoms with van der Waals surface area (Å²) in [4.78, 5) is 10.4. The Labute approximate surface area is 117 Å². The molecule has 0 saturated carbocycles. The highest BCUT2D eigenvalue weighted by molar-refractivity contribution is 7.94. The summed E-state index contributed by atoms with van der Waals surface area (Å²) in [6.07, 6.45) is 2.08. The smallest absolute Gasteiger partial charge is 0.328 e. The third-order valence-electron chi connectivity index (χ3n) is 2.46. The van der Waals surface area contributed by atoms with Crippen molar-refractivity contribution in [3.05, 3.63) is 35.7 Å². The van der Waals surface area contributed by atoms with Crippen LogP contribution in [-0.4, -0.2) is 24.2 Å². The second-order valence-electron chi connectivity index (χ2n) is 5.13. The van der Waals surface area contributed by atoms with Crippen LogP contribution in [0, 0.1) is 5.82 Å². The second-order valence-corrected chi connectivity index (χ2v) is 7.56. The molecule has 20 heavy (non-hydrogen) atoms. The van der Waals surface area contributed by atoms with Crippen LogP contribution in [0.4, 0.5) is 10.1 Å². The average molecular weight is 301 g/mol. The van der Waals surface area contributed by atoms with E-state index in [1.165, 1.54) is 39.0 Å². The predicted octanol–water partition coefficient (Wildman–Crippen LogP) is 2.46. The van der Waals surface area contributed by atoms with Crippen molar-refractivity contribution in [1.29, 1.82) is 0 Å². The number of anilines is 1. The fraction of sp³-hybridized carbons (Fsp3) is 0.308. The highest BCUT2D eigenvalue weighted by Crippen LogP contribution is 2.22. The molecule has 0 unspecified atom stereocenters. The molecule has 0 fully saturated rings. The molecule has 0 aliphatic carbocycles. The van der Waals surface area contributed by atoms with Crippen LogP contribution >= 0.6 is 0 Å². The van der Waals surface area contributed by atoms with E-state index in [1.807, 2.05) is 0 Å². The predicted molar refractivity (Wildman–Crippen MR) is 75.4 cm³/mol. The van der Waals surface area contributed by atoms with Crippen molar-refractivity contribution < 1.29 is 22.7 Å². The molecule has 1 aromatic rings. The van der Waals surface area contributed by atoms with Gasteiger partial charge in [0.25, 0.3) is 0 Å². The summed E-state index contributed by atoms with van der Waals surface area (Å²) in [7, 11) is -3.71. The van der Waals surface area contributed by atoms with Gasteiger partial charge in [-0.3, -0.25) is 4.72 Å². The molecule has 0 amide bonds. The molecule has 0 atom stereocenters. The Bertz CT molecular complexity index is 645. The molecule has 0 radical (unpaired) electrons. The number of carboxylic acid groups (broad SMARTS) is 1. The summed E-state index contributed by atoms with van der Waals surface area (Å²) in [5.74, 6) is -1.92. The number of hydrogen-bond donors (Lipinski definition) is 2. The molecule has 0 spiro atoms. The molecule has 7 heteroatoms. The van der Waals surface area contributed by atoms with Gasteiger partial charge in [0, 0.05) is 6.08 Å². The van der Waals surface area contributed by atoms with Crippen LogP contribution in [0.3, 0.4) is 0 Å². The largest absolute Gasteiger partial charge is 0.478 e. The molecule has 1 aromatic carbocycles. The van der Waals surface area contributed by atoms with Gasteiger partial charge in [0.1, 0.15) is 5.82 Å². The van der Waals surface area contributed by atoms with E-state index in [1.54, 1.807) is 0 Å². The standard InChI is InChI=1S/C13H16FNO4S/c1-13(2,3)20(18,19)15-11-6-4-9(8-10(11)14)5-7-12(16)17/h4-8,15H,1-3H3,(H,16,17). The molecule has 0 bridgehead atoms. The maximum absolute atomic E-state index is 13.8. The van der Waals surface area contributed by atoms with Crippen LogP contribution in [0.15, 0.2) is 24.3 Å². The van der Waals surface area contributed by atoms with Gasteiger partial charge in [-0.05, 0) is 44.5 Å². The van der Waals surface area contributed by atoms with Gasteiger partial charge < -0.3 is 5.11 Å². The Morgan fingerprint density at radius 1 is 1.35 bits per heavy atom.